The van der Waals surface area contributed by atoms with Gasteiger partial charge in [0.25, 0.3) is 0 Å². The summed E-state index contributed by atoms with van der Waals surface area (Å²) < 4.78 is 12.8. The van der Waals surface area contributed by atoms with Crippen LogP contribution in [0.15, 0.2) is 30.7 Å². The van der Waals surface area contributed by atoms with Crippen LogP contribution in [-0.2, 0) is 0 Å². The van der Waals surface area contributed by atoms with Gasteiger partial charge in [-0.25, -0.2) is 4.98 Å². The number of methoxy groups -OCH3 is 2. The van der Waals surface area contributed by atoms with Crippen molar-refractivity contribution >= 4 is 0 Å². The number of ether oxygens (including phenoxy) is 2. The Bertz CT molecular complexity index is 603. The zero-order chi connectivity index (χ0) is 14.7. The molecule has 1 saturated heterocycles. The van der Waals surface area contributed by atoms with Crippen LogP contribution < -0.4 is 14.8 Å². The van der Waals surface area contributed by atoms with Crippen LogP contribution in [0.5, 0.6) is 11.5 Å². The van der Waals surface area contributed by atoms with Gasteiger partial charge in [0, 0.05) is 23.9 Å². The SMILES string of the molecule is COc1ccc(-n2cncc2C2CCNCC2)cc1OC. The summed E-state index contributed by atoms with van der Waals surface area (Å²) >= 11 is 0. The number of hydrogen-bond donors (Lipinski definition) is 1. The Kier molecular flexibility index (Phi) is 4.10. The second-order valence-electron chi connectivity index (χ2n) is 5.25. The molecule has 2 aromatic rings. The fourth-order valence-electron chi connectivity index (χ4n) is 2.92. The Morgan fingerprint density at radius 1 is 1.14 bits per heavy atom. The van der Waals surface area contributed by atoms with Crippen molar-refractivity contribution in [3.05, 3.63) is 36.4 Å². The van der Waals surface area contributed by atoms with E-state index in [1.54, 1.807) is 14.2 Å². The molecule has 1 N–H and O–H groups in total. The molecule has 0 aliphatic carbocycles. The lowest BCUT2D eigenvalue weighted by molar-refractivity contribution is 0.355. The lowest BCUT2D eigenvalue weighted by Gasteiger charge is -2.23. The number of piperidine rings is 1. The topological polar surface area (TPSA) is 48.3 Å². The van der Waals surface area contributed by atoms with E-state index < -0.39 is 0 Å². The van der Waals surface area contributed by atoms with Crippen LogP contribution in [0.1, 0.15) is 24.5 Å². The van der Waals surface area contributed by atoms with E-state index in [2.05, 4.69) is 14.9 Å². The predicted molar refractivity (Wildman–Crippen MR) is 81.5 cm³/mol. The van der Waals surface area contributed by atoms with Crippen LogP contribution in [0.3, 0.4) is 0 Å². The van der Waals surface area contributed by atoms with Gasteiger partial charge in [-0.05, 0) is 38.1 Å². The Morgan fingerprint density at radius 3 is 2.62 bits per heavy atom. The van der Waals surface area contributed by atoms with Crippen molar-refractivity contribution in [1.29, 1.82) is 0 Å². The standard InChI is InChI=1S/C16H21N3O2/c1-20-15-4-3-13(9-16(15)21-2)19-11-18-10-14(19)12-5-7-17-8-6-12/h3-4,9-12,17H,5-8H2,1-2H3. The molecule has 5 nitrogen and oxygen atoms in total. The minimum atomic E-state index is 0.557. The first-order valence-corrected chi connectivity index (χ1v) is 7.29. The molecule has 1 aromatic heterocycles. The molecule has 0 atom stereocenters. The van der Waals surface area contributed by atoms with E-state index in [0.717, 1.165) is 43.1 Å². The van der Waals surface area contributed by atoms with Gasteiger partial charge >= 0.3 is 0 Å². The second-order valence-corrected chi connectivity index (χ2v) is 5.25. The number of imidazole rings is 1. The van der Waals surface area contributed by atoms with Crippen LogP contribution in [-0.4, -0.2) is 36.9 Å². The molecule has 0 spiro atoms. The second kappa shape index (κ2) is 6.18. The number of nitrogens with zero attached hydrogens (tertiary/aromatic N) is 2. The summed E-state index contributed by atoms with van der Waals surface area (Å²) in [5.41, 5.74) is 2.32. The quantitative estimate of drug-likeness (QED) is 0.938. The van der Waals surface area contributed by atoms with Crippen molar-refractivity contribution in [1.82, 2.24) is 14.9 Å². The number of rotatable bonds is 4. The molecule has 0 bridgehead atoms. The lowest BCUT2D eigenvalue weighted by atomic mass is 9.95. The third-order valence-corrected chi connectivity index (χ3v) is 4.07. The van der Waals surface area contributed by atoms with Crippen molar-refractivity contribution in [2.45, 2.75) is 18.8 Å². The van der Waals surface area contributed by atoms with Crippen molar-refractivity contribution in [3.63, 3.8) is 0 Å². The molecule has 1 aliphatic heterocycles. The average Bonchev–Trinajstić information content (AvgIpc) is 3.04. The Morgan fingerprint density at radius 2 is 1.90 bits per heavy atom. The van der Waals surface area contributed by atoms with E-state index in [9.17, 15) is 0 Å². The van der Waals surface area contributed by atoms with Crippen LogP contribution in [0.2, 0.25) is 0 Å². The molecular formula is C16H21N3O2. The summed E-state index contributed by atoms with van der Waals surface area (Å²) in [5.74, 6) is 2.03. The summed E-state index contributed by atoms with van der Waals surface area (Å²) in [6.07, 6.45) is 6.16. The Labute approximate surface area is 124 Å². The zero-order valence-electron chi connectivity index (χ0n) is 12.5. The molecule has 21 heavy (non-hydrogen) atoms. The Balaban J connectivity index is 1.95. The van der Waals surface area contributed by atoms with Gasteiger partial charge in [-0.1, -0.05) is 0 Å². The number of hydrogen-bond acceptors (Lipinski definition) is 4. The van der Waals surface area contributed by atoms with Crippen LogP contribution in [0, 0.1) is 0 Å². The molecule has 112 valence electrons. The maximum Gasteiger partial charge on any atom is 0.162 e. The molecule has 0 radical (unpaired) electrons. The van der Waals surface area contributed by atoms with Crippen LogP contribution in [0.25, 0.3) is 5.69 Å². The largest absolute Gasteiger partial charge is 0.493 e. The zero-order valence-corrected chi connectivity index (χ0v) is 12.5. The summed E-state index contributed by atoms with van der Waals surface area (Å²) in [6.45, 7) is 2.14. The number of nitrogens with one attached hydrogen (secondary N) is 1. The minimum absolute atomic E-state index is 0.557. The summed E-state index contributed by atoms with van der Waals surface area (Å²) in [5, 5.41) is 3.40. The minimum Gasteiger partial charge on any atom is -0.493 e. The third-order valence-electron chi connectivity index (χ3n) is 4.07. The molecule has 1 aromatic carbocycles. The molecule has 0 unspecified atom stereocenters. The monoisotopic (exact) mass is 287 g/mol. The van der Waals surface area contributed by atoms with Gasteiger partial charge in [0.05, 0.1) is 26.2 Å². The van der Waals surface area contributed by atoms with Gasteiger partial charge in [0.1, 0.15) is 0 Å². The van der Waals surface area contributed by atoms with E-state index >= 15 is 0 Å². The lowest BCUT2D eigenvalue weighted by Crippen LogP contribution is -2.27. The van der Waals surface area contributed by atoms with Gasteiger partial charge < -0.3 is 19.4 Å². The van der Waals surface area contributed by atoms with Gasteiger partial charge in [-0.2, -0.15) is 0 Å². The molecule has 2 heterocycles. The number of benzene rings is 1. The summed E-state index contributed by atoms with van der Waals surface area (Å²) in [7, 11) is 3.30. The van der Waals surface area contributed by atoms with Gasteiger partial charge in [0.2, 0.25) is 0 Å². The van der Waals surface area contributed by atoms with E-state index in [0.29, 0.717) is 5.92 Å². The molecule has 0 amide bonds. The van der Waals surface area contributed by atoms with Gasteiger partial charge in [-0.15, -0.1) is 0 Å². The van der Waals surface area contributed by atoms with E-state index in [1.807, 2.05) is 30.7 Å². The normalized spacial score (nSPS) is 15.9. The molecule has 5 heteroatoms. The van der Waals surface area contributed by atoms with Crippen molar-refractivity contribution < 1.29 is 9.47 Å². The summed E-state index contributed by atoms with van der Waals surface area (Å²) in [6, 6.07) is 5.96. The first-order valence-electron chi connectivity index (χ1n) is 7.29. The molecule has 1 fully saturated rings. The molecule has 1 aliphatic rings. The van der Waals surface area contributed by atoms with Crippen LogP contribution >= 0.6 is 0 Å². The van der Waals surface area contributed by atoms with E-state index in [4.69, 9.17) is 9.47 Å². The highest BCUT2D eigenvalue weighted by atomic mass is 16.5. The van der Waals surface area contributed by atoms with E-state index in [-0.39, 0.29) is 0 Å². The highest BCUT2D eigenvalue weighted by molar-refractivity contribution is 5.49. The molecule has 0 saturated carbocycles. The molecule has 3 rings (SSSR count). The first-order chi connectivity index (χ1) is 10.3. The highest BCUT2D eigenvalue weighted by Gasteiger charge is 2.19. The fourth-order valence-corrected chi connectivity index (χ4v) is 2.92. The van der Waals surface area contributed by atoms with Crippen molar-refractivity contribution in [3.8, 4) is 17.2 Å². The van der Waals surface area contributed by atoms with Gasteiger partial charge in [-0.3, -0.25) is 0 Å². The number of aromatic nitrogens is 2. The average molecular weight is 287 g/mol. The van der Waals surface area contributed by atoms with Crippen LogP contribution in [0.4, 0.5) is 0 Å². The third kappa shape index (κ3) is 2.74. The summed E-state index contributed by atoms with van der Waals surface area (Å²) in [4.78, 5) is 4.34. The molecular weight excluding hydrogens is 266 g/mol. The predicted octanol–water partition coefficient (Wildman–Crippen LogP) is 2.36. The maximum absolute atomic E-state index is 5.39. The maximum atomic E-state index is 5.39. The first kappa shape index (κ1) is 13.9. The highest BCUT2D eigenvalue weighted by Crippen LogP contribution is 2.32. The smallest absolute Gasteiger partial charge is 0.162 e. The van der Waals surface area contributed by atoms with E-state index in [1.165, 1.54) is 5.69 Å². The fraction of sp³-hybridized carbons (Fsp3) is 0.438. The van der Waals surface area contributed by atoms with Gasteiger partial charge in [0.15, 0.2) is 11.5 Å². The Hall–Kier alpha value is -2.01. The van der Waals surface area contributed by atoms with Crippen molar-refractivity contribution in [2.75, 3.05) is 27.3 Å². The van der Waals surface area contributed by atoms with Crippen molar-refractivity contribution in [2.24, 2.45) is 0 Å².